The lowest BCUT2D eigenvalue weighted by molar-refractivity contribution is -0.384. The molecule has 7 aromatic rings. The number of anilines is 1. The highest BCUT2D eigenvalue weighted by atomic mass is 35.5. The smallest absolute Gasteiger partial charge is 0.321 e. The van der Waals surface area contributed by atoms with Gasteiger partial charge in [0.25, 0.3) is 5.69 Å². The predicted octanol–water partition coefficient (Wildman–Crippen LogP) is 11.5. The lowest BCUT2D eigenvalue weighted by Crippen LogP contribution is -2.47. The number of urea groups is 2. The van der Waals surface area contributed by atoms with Gasteiger partial charge in [-0.2, -0.15) is 15.3 Å². The number of rotatable bonds is 13. The first-order valence-corrected chi connectivity index (χ1v) is 28.7. The highest BCUT2D eigenvalue weighted by molar-refractivity contribution is 6.32. The number of nitrogens with one attached hydrogen (secondary N) is 6. The van der Waals surface area contributed by atoms with Crippen molar-refractivity contribution < 1.29 is 34.9 Å². The van der Waals surface area contributed by atoms with Crippen LogP contribution in [-0.4, -0.2) is 130 Å². The zero-order valence-electron chi connectivity index (χ0n) is 47.0. The molecule has 24 heteroatoms. The number of carbonyl (C=O) groups is 2. The molecule has 6 heterocycles. The highest BCUT2D eigenvalue weighted by Crippen LogP contribution is 2.49. The second kappa shape index (κ2) is 27.3. The molecule has 3 aliphatic heterocycles. The maximum Gasteiger partial charge on any atom is 0.321 e. The summed E-state index contributed by atoms with van der Waals surface area (Å²) in [6.07, 6.45) is 8.38. The number of nitro groups is 1. The number of nitrogens with zero attached hydrogens (tertiary/aromatic N) is 6. The highest BCUT2D eigenvalue weighted by Gasteiger charge is 2.43. The molecular weight excluding hydrogens is 1130 g/mol. The zero-order valence-corrected chi connectivity index (χ0v) is 50.1. The first kappa shape index (κ1) is 63.8. The van der Waals surface area contributed by atoms with Crippen molar-refractivity contribution in [2.75, 3.05) is 57.7 Å². The lowest BCUT2D eigenvalue weighted by atomic mass is 9.68. The fraction of sp³-hybridized carbons (Fsp3) is 0.500. The molecule has 4 aromatic carbocycles. The number of aliphatic hydroxyl groups excluding tert-OH is 4. The van der Waals surface area contributed by atoms with Gasteiger partial charge in [0.05, 0.1) is 65.0 Å². The van der Waals surface area contributed by atoms with Crippen LogP contribution in [0.15, 0.2) is 79.3 Å². The molecule has 444 valence electrons. The van der Waals surface area contributed by atoms with Crippen molar-refractivity contribution in [3.63, 3.8) is 0 Å². The maximum atomic E-state index is 12.7. The second-order valence-electron chi connectivity index (χ2n) is 23.4. The number of aliphatic hydroxyl groups is 4. The van der Waals surface area contributed by atoms with Crippen molar-refractivity contribution in [3.8, 4) is 0 Å². The van der Waals surface area contributed by atoms with Crippen molar-refractivity contribution in [2.24, 2.45) is 34.0 Å². The third-order valence-electron chi connectivity index (χ3n) is 17.4. The van der Waals surface area contributed by atoms with Crippen molar-refractivity contribution in [1.29, 1.82) is 0 Å². The summed E-state index contributed by atoms with van der Waals surface area (Å²) in [7, 11) is 0. The van der Waals surface area contributed by atoms with E-state index in [0.29, 0.717) is 52.9 Å². The monoisotopic (exact) mass is 1210 g/mol. The molecule has 0 saturated carbocycles. The van der Waals surface area contributed by atoms with Crippen molar-refractivity contribution in [2.45, 2.75) is 98.4 Å². The number of hydrogen-bond donors (Lipinski definition) is 10. The van der Waals surface area contributed by atoms with Crippen LogP contribution < -0.4 is 16.0 Å². The van der Waals surface area contributed by atoms with Gasteiger partial charge in [-0.25, -0.2) is 9.59 Å². The van der Waals surface area contributed by atoms with E-state index in [9.17, 15) is 35.0 Å². The van der Waals surface area contributed by atoms with Crippen LogP contribution >= 0.6 is 47.2 Å². The van der Waals surface area contributed by atoms with E-state index < -0.39 is 34.1 Å². The van der Waals surface area contributed by atoms with E-state index in [1.54, 1.807) is 40.5 Å². The summed E-state index contributed by atoms with van der Waals surface area (Å²) in [5.74, 6) is 0.935. The van der Waals surface area contributed by atoms with Crippen LogP contribution in [-0.2, 0) is 0 Å². The van der Waals surface area contributed by atoms with Crippen LogP contribution in [0.4, 0.5) is 21.0 Å². The van der Waals surface area contributed by atoms with Gasteiger partial charge < -0.3 is 46.2 Å². The Morgan fingerprint density at radius 3 is 1.33 bits per heavy atom. The summed E-state index contributed by atoms with van der Waals surface area (Å²) in [4.78, 5) is 38.5. The summed E-state index contributed by atoms with van der Waals surface area (Å²) in [6, 6.07) is 16.3. The minimum Gasteiger partial charge on any atom is -0.395 e. The Balaban J connectivity index is 0.000000180. The molecular formula is C58H76Cl4N12O8. The number of carbonyl (C=O) groups excluding carboxylic acids is 2. The molecule has 3 atom stereocenters. The molecule has 0 spiro atoms. The number of fused-ring (bicyclic) bond motifs is 3. The lowest BCUT2D eigenvalue weighted by Gasteiger charge is -2.43. The number of non-ortho nitro benzene ring substituents is 1. The molecule has 0 bridgehead atoms. The van der Waals surface area contributed by atoms with Gasteiger partial charge in [0, 0.05) is 98.5 Å². The SMILES string of the molecule is CC(C)(C1CCN(C(=O)NCCO)CC1)[C@H](O)c1cc(Cl)cc2cn[nH]c12.CC(C)(C1CCN(C(=O)Nc2ccc([N+](=O)[O-])cc2)CC1)[C@H](O)c1cc(Cl)cc2cn[nH]c12.CC(C)(C1CCNCC1)[C@H](O)c1cc(Cl)cc2cn[nH]c12.Cl. The van der Waals surface area contributed by atoms with Gasteiger partial charge >= 0.3 is 12.1 Å². The fourth-order valence-corrected chi connectivity index (χ4v) is 12.7. The quantitative estimate of drug-likeness (QED) is 0.0381. The van der Waals surface area contributed by atoms with Crippen LogP contribution in [0.5, 0.6) is 0 Å². The third kappa shape index (κ3) is 14.4. The molecule has 20 nitrogen and oxygen atoms in total. The molecule has 82 heavy (non-hydrogen) atoms. The summed E-state index contributed by atoms with van der Waals surface area (Å²) in [5.41, 5.74) is 4.22. The first-order valence-electron chi connectivity index (χ1n) is 27.6. The van der Waals surface area contributed by atoms with Crippen molar-refractivity contribution in [3.05, 3.63) is 121 Å². The van der Waals surface area contributed by atoms with Gasteiger partial charge in [-0.05, 0) is 134 Å². The van der Waals surface area contributed by atoms with E-state index in [-0.39, 0.29) is 60.6 Å². The topological polar surface area (TPSA) is 287 Å². The average Bonchev–Trinajstić information content (AvgIpc) is 4.34. The van der Waals surface area contributed by atoms with Crippen molar-refractivity contribution in [1.82, 2.24) is 51.0 Å². The van der Waals surface area contributed by atoms with Crippen LogP contribution in [0, 0.1) is 44.1 Å². The number of nitro benzene ring substituents is 1. The normalized spacial score (nSPS) is 17.0. The Morgan fingerprint density at radius 2 is 0.976 bits per heavy atom. The molecule has 3 saturated heterocycles. The molecule has 10 N–H and O–H groups in total. The van der Waals surface area contributed by atoms with Gasteiger partial charge in [0.1, 0.15) is 0 Å². The Morgan fingerprint density at radius 1 is 0.622 bits per heavy atom. The van der Waals surface area contributed by atoms with E-state index in [1.165, 1.54) is 24.3 Å². The molecule has 3 aromatic heterocycles. The Labute approximate surface area is 498 Å². The number of aromatic nitrogens is 6. The molecule has 0 unspecified atom stereocenters. The van der Waals surface area contributed by atoms with E-state index in [0.717, 1.165) is 101 Å². The van der Waals surface area contributed by atoms with Crippen LogP contribution in [0.3, 0.4) is 0 Å². The van der Waals surface area contributed by atoms with Gasteiger partial charge in [0.15, 0.2) is 0 Å². The number of aromatic amines is 3. The predicted molar refractivity (Wildman–Crippen MR) is 324 cm³/mol. The molecule has 3 aliphatic rings. The Hall–Kier alpha value is -5.81. The molecule has 4 amide bonds. The second-order valence-corrected chi connectivity index (χ2v) is 24.7. The summed E-state index contributed by atoms with van der Waals surface area (Å²) in [6.45, 7) is 17.1. The van der Waals surface area contributed by atoms with Gasteiger partial charge in [-0.3, -0.25) is 25.4 Å². The maximum absolute atomic E-state index is 12.7. The van der Waals surface area contributed by atoms with Gasteiger partial charge in [0.2, 0.25) is 0 Å². The molecule has 0 aliphatic carbocycles. The standard InChI is InChI=1S/C23H26ClN5O4.C19H27ClN4O3.C16H22ClN3O.ClH/c1-23(2,21(30)19-12-16(24)11-14-13-25-27-20(14)19)15-7-9-28(10-8-15)22(31)26-17-3-5-18(6-4-17)29(32)33;1-19(2,13-3-6-24(7-4-13)18(27)21-5-8-25)17(26)15-10-14(20)9-12-11-22-23-16(12)15;1-16(2,11-3-5-18-6-4-11)15(21)13-8-12(17)7-10-9-19-20-14(10)13;/h3-6,11-13,15,21,30H,7-10H2,1-2H3,(H,25,27)(H,26,31);9-11,13,17,25-26H,3-8H2,1-2H3,(H,21,27)(H,22,23);7-9,11,15,18,21H,3-6H2,1-2H3,(H,19,20);1H/t21-;17-;15-;/m111./s1. The molecule has 10 rings (SSSR count). The Bertz CT molecular complexity index is 3280. The summed E-state index contributed by atoms with van der Waals surface area (Å²) in [5, 5.41) is 87.6. The van der Waals surface area contributed by atoms with Crippen LogP contribution in [0.2, 0.25) is 15.1 Å². The van der Waals surface area contributed by atoms with Crippen LogP contribution in [0.1, 0.15) is 115 Å². The minimum atomic E-state index is -0.760. The average molecular weight is 1210 g/mol. The van der Waals surface area contributed by atoms with E-state index in [2.05, 4.69) is 74.2 Å². The van der Waals surface area contributed by atoms with E-state index >= 15 is 0 Å². The number of piperidine rings is 3. The number of hydrogen-bond acceptors (Lipinski definition) is 12. The number of H-pyrrole nitrogens is 3. The van der Waals surface area contributed by atoms with Gasteiger partial charge in [-0.1, -0.05) is 76.3 Å². The van der Waals surface area contributed by atoms with Crippen molar-refractivity contribution >= 4 is 103 Å². The summed E-state index contributed by atoms with van der Waals surface area (Å²) < 4.78 is 0. The first-order chi connectivity index (χ1) is 38.5. The number of halogens is 4. The third-order valence-corrected chi connectivity index (χ3v) is 18.1. The minimum absolute atomic E-state index is 0. The zero-order chi connectivity index (χ0) is 58.4. The van der Waals surface area contributed by atoms with Crippen LogP contribution in [0.25, 0.3) is 32.7 Å². The fourth-order valence-electron chi connectivity index (χ4n) is 12.0. The number of benzene rings is 4. The number of amides is 4. The largest absolute Gasteiger partial charge is 0.395 e. The summed E-state index contributed by atoms with van der Waals surface area (Å²) >= 11 is 18.7. The van der Waals surface area contributed by atoms with E-state index in [4.69, 9.17) is 39.9 Å². The number of likely N-dealkylation sites (tertiary alicyclic amines) is 2. The van der Waals surface area contributed by atoms with E-state index in [1.807, 2.05) is 38.1 Å². The Kier molecular flexibility index (Phi) is 21.2. The van der Waals surface area contributed by atoms with Gasteiger partial charge in [-0.15, -0.1) is 12.4 Å². The molecule has 0 radical (unpaired) electrons. The molecule has 3 fully saturated rings.